The predicted octanol–water partition coefficient (Wildman–Crippen LogP) is 0.833. The van der Waals surface area contributed by atoms with Gasteiger partial charge in [-0.3, -0.25) is 0 Å². The summed E-state index contributed by atoms with van der Waals surface area (Å²) in [4.78, 5) is 13.3. The molecule has 18 heavy (non-hydrogen) atoms. The lowest BCUT2D eigenvalue weighted by Gasteiger charge is -2.26. The molecule has 0 aliphatic carbocycles. The molecule has 2 heterocycles. The smallest absolute Gasteiger partial charge is 0.225 e. The van der Waals surface area contributed by atoms with Crippen molar-refractivity contribution in [1.82, 2.24) is 14.9 Å². The molecule has 2 N–H and O–H groups in total. The molecule has 0 saturated heterocycles. The van der Waals surface area contributed by atoms with E-state index in [4.69, 9.17) is 5.73 Å². The van der Waals surface area contributed by atoms with Gasteiger partial charge in [0.2, 0.25) is 5.95 Å². The average Bonchev–Trinajstić information content (AvgIpc) is 2.27. The number of hydrogen-bond acceptors (Lipinski definition) is 5. The van der Waals surface area contributed by atoms with Gasteiger partial charge >= 0.3 is 0 Å². The molecule has 0 fully saturated rings. The van der Waals surface area contributed by atoms with Crippen LogP contribution in [0.3, 0.4) is 0 Å². The van der Waals surface area contributed by atoms with E-state index in [1.54, 1.807) is 0 Å². The molecular formula is C11H21Cl2N5. The topological polar surface area (TPSA) is 58.3 Å². The normalized spacial score (nSPS) is 14.2. The summed E-state index contributed by atoms with van der Waals surface area (Å²) >= 11 is 0. The van der Waals surface area contributed by atoms with Crippen LogP contribution < -0.4 is 10.6 Å². The molecule has 0 amide bonds. The highest BCUT2D eigenvalue weighted by molar-refractivity contribution is 5.85. The van der Waals surface area contributed by atoms with Gasteiger partial charge in [-0.15, -0.1) is 24.8 Å². The van der Waals surface area contributed by atoms with E-state index < -0.39 is 0 Å². The third kappa shape index (κ3) is 3.45. The van der Waals surface area contributed by atoms with Crippen molar-refractivity contribution in [2.24, 2.45) is 5.73 Å². The fraction of sp³-hybridized carbons (Fsp3) is 0.636. The molecule has 1 aliphatic rings. The summed E-state index contributed by atoms with van der Waals surface area (Å²) in [6, 6.07) is 0. The van der Waals surface area contributed by atoms with E-state index in [1.165, 1.54) is 5.56 Å². The van der Waals surface area contributed by atoms with E-state index in [-0.39, 0.29) is 24.8 Å². The van der Waals surface area contributed by atoms with Gasteiger partial charge in [-0.2, -0.15) is 0 Å². The number of hydrogen-bond donors (Lipinski definition) is 1. The molecule has 0 spiro atoms. The molecule has 0 saturated carbocycles. The van der Waals surface area contributed by atoms with Crippen LogP contribution in [0.15, 0.2) is 0 Å². The van der Waals surface area contributed by atoms with Crippen molar-refractivity contribution in [3.63, 3.8) is 0 Å². The molecule has 0 unspecified atom stereocenters. The molecule has 0 radical (unpaired) electrons. The van der Waals surface area contributed by atoms with Gasteiger partial charge in [-0.1, -0.05) is 0 Å². The van der Waals surface area contributed by atoms with Crippen LogP contribution in [0.2, 0.25) is 0 Å². The van der Waals surface area contributed by atoms with Crippen molar-refractivity contribution >= 4 is 30.8 Å². The minimum absolute atomic E-state index is 0. The van der Waals surface area contributed by atoms with Crippen LogP contribution in [0, 0.1) is 0 Å². The number of aromatic nitrogens is 2. The minimum atomic E-state index is 0. The summed E-state index contributed by atoms with van der Waals surface area (Å²) in [6.45, 7) is 2.45. The highest BCUT2D eigenvalue weighted by Gasteiger charge is 2.20. The first-order valence-corrected chi connectivity index (χ1v) is 5.56. The first kappa shape index (κ1) is 17.4. The second-order valence-electron chi connectivity index (χ2n) is 4.48. The van der Waals surface area contributed by atoms with Crippen LogP contribution in [0.1, 0.15) is 17.0 Å². The van der Waals surface area contributed by atoms with E-state index in [0.717, 1.165) is 36.8 Å². The fourth-order valence-electron chi connectivity index (χ4n) is 1.97. The zero-order valence-corrected chi connectivity index (χ0v) is 12.6. The Balaban J connectivity index is 0.00000144. The van der Waals surface area contributed by atoms with E-state index in [1.807, 2.05) is 19.0 Å². The fourth-order valence-corrected chi connectivity index (χ4v) is 1.97. The van der Waals surface area contributed by atoms with Crippen molar-refractivity contribution in [2.75, 3.05) is 32.6 Å². The zero-order valence-electron chi connectivity index (χ0n) is 11.0. The second kappa shape index (κ2) is 7.09. The number of nitrogens with two attached hydrogens (primary N) is 1. The van der Waals surface area contributed by atoms with Crippen molar-refractivity contribution in [1.29, 1.82) is 0 Å². The lowest BCUT2D eigenvalue weighted by Crippen LogP contribution is -2.30. The maximum Gasteiger partial charge on any atom is 0.225 e. The zero-order chi connectivity index (χ0) is 11.7. The average molecular weight is 294 g/mol. The number of anilines is 1. The Bertz CT molecular complexity index is 380. The number of fused-ring (bicyclic) bond motifs is 1. The van der Waals surface area contributed by atoms with E-state index in [0.29, 0.717) is 6.54 Å². The summed E-state index contributed by atoms with van der Waals surface area (Å²) < 4.78 is 0. The van der Waals surface area contributed by atoms with Crippen LogP contribution in [-0.4, -0.2) is 42.6 Å². The van der Waals surface area contributed by atoms with E-state index >= 15 is 0 Å². The first-order valence-electron chi connectivity index (χ1n) is 5.56. The molecule has 7 heteroatoms. The SMILES string of the molecule is CN1CCc2nc(N(C)C)nc(CN)c2C1.Cl.Cl. The monoisotopic (exact) mass is 293 g/mol. The molecule has 2 rings (SSSR count). The summed E-state index contributed by atoms with van der Waals surface area (Å²) in [6.07, 6.45) is 0.988. The van der Waals surface area contributed by atoms with Gasteiger partial charge in [-0.05, 0) is 7.05 Å². The predicted molar refractivity (Wildman–Crippen MR) is 78.8 cm³/mol. The van der Waals surface area contributed by atoms with Crippen LogP contribution in [0.4, 0.5) is 5.95 Å². The molecular weight excluding hydrogens is 273 g/mol. The van der Waals surface area contributed by atoms with Gasteiger partial charge in [0.1, 0.15) is 0 Å². The van der Waals surface area contributed by atoms with Gasteiger partial charge < -0.3 is 15.5 Å². The molecule has 104 valence electrons. The van der Waals surface area contributed by atoms with Crippen LogP contribution in [0.25, 0.3) is 0 Å². The maximum absolute atomic E-state index is 5.76. The molecule has 0 aromatic carbocycles. The summed E-state index contributed by atoms with van der Waals surface area (Å²) in [7, 11) is 6.02. The standard InChI is InChI=1S/C11H19N5.2ClH/c1-15(2)11-13-9-4-5-16(3)7-8(9)10(6-12)14-11;;/h4-7,12H2,1-3H3;2*1H. The van der Waals surface area contributed by atoms with Crippen molar-refractivity contribution in [2.45, 2.75) is 19.5 Å². The summed E-state index contributed by atoms with van der Waals surface area (Å²) in [5.41, 5.74) is 9.14. The minimum Gasteiger partial charge on any atom is -0.347 e. The van der Waals surface area contributed by atoms with E-state index in [9.17, 15) is 0 Å². The highest BCUT2D eigenvalue weighted by Crippen LogP contribution is 2.21. The van der Waals surface area contributed by atoms with Gasteiger partial charge in [0.15, 0.2) is 0 Å². The third-order valence-corrected chi connectivity index (χ3v) is 2.92. The Labute approximate surface area is 121 Å². The van der Waals surface area contributed by atoms with Crippen molar-refractivity contribution < 1.29 is 0 Å². The first-order chi connectivity index (χ1) is 7.61. The van der Waals surface area contributed by atoms with Gasteiger partial charge in [0.05, 0.1) is 11.4 Å². The molecule has 1 aliphatic heterocycles. The largest absolute Gasteiger partial charge is 0.347 e. The van der Waals surface area contributed by atoms with Gasteiger partial charge in [0, 0.05) is 45.7 Å². The Hall–Kier alpha value is -0.620. The Kier molecular flexibility index (Phi) is 6.84. The number of nitrogens with zero attached hydrogens (tertiary/aromatic N) is 4. The molecule has 1 aromatic rings. The number of rotatable bonds is 2. The molecule has 1 aromatic heterocycles. The second-order valence-corrected chi connectivity index (χ2v) is 4.48. The van der Waals surface area contributed by atoms with Crippen molar-refractivity contribution in [3.05, 3.63) is 17.0 Å². The van der Waals surface area contributed by atoms with Crippen LogP contribution >= 0.6 is 24.8 Å². The summed E-state index contributed by atoms with van der Waals surface area (Å²) in [5, 5.41) is 0. The van der Waals surface area contributed by atoms with Gasteiger partial charge in [-0.25, -0.2) is 9.97 Å². The van der Waals surface area contributed by atoms with Crippen molar-refractivity contribution in [3.8, 4) is 0 Å². The molecule has 5 nitrogen and oxygen atoms in total. The number of halogens is 2. The molecule has 0 bridgehead atoms. The Morgan fingerprint density at radius 1 is 1.28 bits per heavy atom. The van der Waals surface area contributed by atoms with E-state index in [2.05, 4.69) is 21.9 Å². The lowest BCUT2D eigenvalue weighted by molar-refractivity contribution is 0.307. The Morgan fingerprint density at radius 3 is 2.50 bits per heavy atom. The maximum atomic E-state index is 5.76. The highest BCUT2D eigenvalue weighted by atomic mass is 35.5. The lowest BCUT2D eigenvalue weighted by atomic mass is 10.0. The quantitative estimate of drug-likeness (QED) is 0.875. The van der Waals surface area contributed by atoms with Crippen LogP contribution in [0.5, 0.6) is 0 Å². The summed E-state index contributed by atoms with van der Waals surface area (Å²) in [5.74, 6) is 0.767. The van der Waals surface area contributed by atoms with Crippen LogP contribution in [-0.2, 0) is 19.5 Å². The molecule has 0 atom stereocenters. The third-order valence-electron chi connectivity index (χ3n) is 2.92. The number of likely N-dealkylation sites (N-methyl/N-ethyl adjacent to an activating group) is 1. The van der Waals surface area contributed by atoms with Gasteiger partial charge in [0.25, 0.3) is 0 Å². The Morgan fingerprint density at radius 2 is 1.94 bits per heavy atom.